The highest BCUT2D eigenvalue weighted by atomic mass is 16.5. The molecule has 0 spiro atoms. The first-order valence-electron chi connectivity index (χ1n) is 10.5. The Labute approximate surface area is 180 Å². The summed E-state index contributed by atoms with van der Waals surface area (Å²) in [5, 5.41) is 8.05. The first-order chi connectivity index (χ1) is 15.1. The van der Waals surface area contributed by atoms with Gasteiger partial charge in [-0.2, -0.15) is 10.1 Å². The van der Waals surface area contributed by atoms with Crippen LogP contribution in [0.25, 0.3) is 0 Å². The zero-order valence-electron chi connectivity index (χ0n) is 17.6. The highest BCUT2D eigenvalue weighted by molar-refractivity contribution is 5.96. The van der Waals surface area contributed by atoms with Gasteiger partial charge in [0.05, 0.1) is 13.2 Å². The van der Waals surface area contributed by atoms with Gasteiger partial charge in [0, 0.05) is 24.1 Å². The Morgan fingerprint density at radius 1 is 1.13 bits per heavy atom. The number of carbonyl (C=O) groups excluding carboxylic acids is 1. The Balaban J connectivity index is 1.58. The van der Waals surface area contributed by atoms with Gasteiger partial charge in [0.25, 0.3) is 0 Å². The van der Waals surface area contributed by atoms with Gasteiger partial charge in [-0.15, -0.1) is 0 Å². The number of benzene rings is 2. The number of ketones is 1. The number of fused-ring (bicyclic) bond motifs is 2. The highest BCUT2D eigenvalue weighted by Crippen LogP contribution is 2.39. The van der Waals surface area contributed by atoms with Crippen molar-refractivity contribution in [3.05, 3.63) is 76.8 Å². The third kappa shape index (κ3) is 3.67. The zero-order valence-corrected chi connectivity index (χ0v) is 17.6. The molecule has 0 saturated heterocycles. The number of nitrogens with zero attached hydrogens (tertiary/aromatic N) is 3. The van der Waals surface area contributed by atoms with Crippen molar-refractivity contribution in [2.75, 3.05) is 18.5 Å². The highest BCUT2D eigenvalue weighted by Gasteiger charge is 2.33. The summed E-state index contributed by atoms with van der Waals surface area (Å²) >= 11 is 0. The van der Waals surface area contributed by atoms with Gasteiger partial charge >= 0.3 is 0 Å². The molecule has 0 aliphatic carbocycles. The lowest BCUT2D eigenvalue weighted by atomic mass is 9.93. The fraction of sp³-hybridized carbons (Fsp3) is 0.292. The predicted molar refractivity (Wildman–Crippen MR) is 116 cm³/mol. The van der Waals surface area contributed by atoms with Crippen LogP contribution in [0, 0.1) is 0 Å². The quantitative estimate of drug-likeness (QED) is 0.695. The van der Waals surface area contributed by atoms with Gasteiger partial charge in [0.2, 0.25) is 5.95 Å². The third-order valence-corrected chi connectivity index (χ3v) is 5.57. The fourth-order valence-electron chi connectivity index (χ4n) is 4.16. The van der Waals surface area contributed by atoms with Crippen molar-refractivity contribution in [1.82, 2.24) is 14.8 Å². The second-order valence-electron chi connectivity index (χ2n) is 7.84. The minimum Gasteiger partial charge on any atom is -0.490 e. The second kappa shape index (κ2) is 7.91. The normalized spacial score (nSPS) is 17.5. The lowest BCUT2D eigenvalue weighted by molar-refractivity contribution is -0.114. The van der Waals surface area contributed by atoms with Gasteiger partial charge in [0.1, 0.15) is 6.04 Å². The topological polar surface area (TPSA) is 78.3 Å². The molecule has 1 atom stereocenters. The minimum atomic E-state index is -0.386. The molecule has 2 aliphatic rings. The van der Waals surface area contributed by atoms with Gasteiger partial charge < -0.3 is 14.8 Å². The molecule has 3 aromatic rings. The third-order valence-electron chi connectivity index (χ3n) is 5.57. The molecule has 7 heteroatoms. The van der Waals surface area contributed by atoms with E-state index in [1.807, 2.05) is 43.3 Å². The smallest absolute Gasteiger partial charge is 0.226 e. The van der Waals surface area contributed by atoms with Crippen LogP contribution >= 0.6 is 0 Å². The van der Waals surface area contributed by atoms with Crippen molar-refractivity contribution >= 4 is 11.7 Å². The number of hydrogen-bond acceptors (Lipinski definition) is 6. The summed E-state index contributed by atoms with van der Waals surface area (Å²) in [6, 6.07) is 15.6. The van der Waals surface area contributed by atoms with Crippen LogP contribution in [0.3, 0.4) is 0 Å². The van der Waals surface area contributed by atoms with Crippen LogP contribution < -0.4 is 14.8 Å². The van der Waals surface area contributed by atoms with Crippen molar-refractivity contribution < 1.29 is 14.3 Å². The first-order valence-corrected chi connectivity index (χ1v) is 10.5. The van der Waals surface area contributed by atoms with Gasteiger partial charge in [-0.1, -0.05) is 36.4 Å². The van der Waals surface area contributed by atoms with E-state index in [1.54, 1.807) is 11.6 Å². The molecule has 31 heavy (non-hydrogen) atoms. The maximum atomic E-state index is 12.6. The number of nitrogens with one attached hydrogen (secondary N) is 1. The average molecular weight is 416 g/mol. The number of aromatic nitrogens is 3. The number of carbonyl (C=O) groups is 1. The number of hydrogen-bond donors (Lipinski definition) is 1. The standard InChI is InChI=1S/C24H24N4O3/c1-15-22(16(2)29)23(18-9-10-19-20(14-18)31-12-6-11-30-19)28-24(25-15)26-21(27-28)13-17-7-4-3-5-8-17/h3-5,7-10,14,23H,6,11-13H2,1-2H3,(H,25,26,27). The molecule has 7 nitrogen and oxygen atoms in total. The molecule has 1 aromatic heterocycles. The van der Waals surface area contributed by atoms with Gasteiger partial charge in [-0.05, 0) is 37.1 Å². The predicted octanol–water partition coefficient (Wildman–Crippen LogP) is 3.91. The van der Waals surface area contributed by atoms with E-state index in [0.717, 1.165) is 29.0 Å². The largest absolute Gasteiger partial charge is 0.490 e. The molecule has 5 rings (SSSR count). The summed E-state index contributed by atoms with van der Waals surface area (Å²) in [6.07, 6.45) is 1.45. The summed E-state index contributed by atoms with van der Waals surface area (Å²) in [5.41, 5.74) is 3.50. The molecule has 0 amide bonds. The SMILES string of the molecule is CC(=O)C1=C(C)Nc2nc(Cc3ccccc3)nn2C1c1ccc2c(c1)OCCCO2. The first kappa shape index (κ1) is 19.4. The number of allylic oxidation sites excluding steroid dienone is 2. The molecular formula is C24H24N4O3. The van der Waals surface area contributed by atoms with E-state index in [4.69, 9.17) is 19.6 Å². The second-order valence-corrected chi connectivity index (χ2v) is 7.84. The van der Waals surface area contributed by atoms with Crippen molar-refractivity contribution in [3.63, 3.8) is 0 Å². The Kier molecular flexibility index (Phi) is 4.94. The Hall–Kier alpha value is -3.61. The van der Waals surface area contributed by atoms with Crippen LogP contribution in [-0.2, 0) is 11.2 Å². The van der Waals surface area contributed by atoms with Crippen LogP contribution in [0.5, 0.6) is 11.5 Å². The number of Topliss-reactive ketones (excluding diaryl/α,β-unsaturated/α-hetero) is 1. The van der Waals surface area contributed by atoms with Crippen LogP contribution in [-0.4, -0.2) is 33.8 Å². The van der Waals surface area contributed by atoms with Gasteiger partial charge in [-0.25, -0.2) is 4.68 Å². The lowest BCUT2D eigenvalue weighted by Gasteiger charge is -2.28. The van der Waals surface area contributed by atoms with E-state index >= 15 is 0 Å². The molecule has 2 aromatic carbocycles. The summed E-state index contributed by atoms with van der Waals surface area (Å²) < 4.78 is 13.5. The van der Waals surface area contributed by atoms with Crippen molar-refractivity contribution in [2.24, 2.45) is 0 Å². The van der Waals surface area contributed by atoms with Crippen LogP contribution in [0.4, 0.5) is 5.95 Å². The average Bonchev–Trinajstić information content (AvgIpc) is 3.00. The minimum absolute atomic E-state index is 0.00660. The van der Waals surface area contributed by atoms with E-state index in [-0.39, 0.29) is 11.8 Å². The van der Waals surface area contributed by atoms with E-state index in [0.29, 0.717) is 42.7 Å². The van der Waals surface area contributed by atoms with Gasteiger partial charge in [-0.3, -0.25) is 4.79 Å². The summed E-state index contributed by atoms with van der Waals surface area (Å²) in [4.78, 5) is 17.3. The maximum Gasteiger partial charge on any atom is 0.226 e. The van der Waals surface area contributed by atoms with E-state index in [9.17, 15) is 4.79 Å². The number of anilines is 1. The number of rotatable bonds is 4. The van der Waals surface area contributed by atoms with E-state index in [2.05, 4.69) is 17.4 Å². The molecule has 158 valence electrons. The molecule has 0 bridgehead atoms. The molecule has 2 aliphatic heterocycles. The van der Waals surface area contributed by atoms with Crippen molar-refractivity contribution in [2.45, 2.75) is 32.7 Å². The van der Waals surface area contributed by atoms with Crippen molar-refractivity contribution in [1.29, 1.82) is 0 Å². The van der Waals surface area contributed by atoms with Gasteiger partial charge in [0.15, 0.2) is 23.1 Å². The maximum absolute atomic E-state index is 12.6. The monoisotopic (exact) mass is 416 g/mol. The Bertz CT molecular complexity index is 1170. The fourth-order valence-corrected chi connectivity index (χ4v) is 4.16. The molecule has 0 fully saturated rings. The van der Waals surface area contributed by atoms with Crippen LogP contribution in [0.2, 0.25) is 0 Å². The van der Waals surface area contributed by atoms with E-state index in [1.165, 1.54) is 0 Å². The Morgan fingerprint density at radius 2 is 1.90 bits per heavy atom. The van der Waals surface area contributed by atoms with Crippen LogP contribution in [0.1, 0.15) is 43.3 Å². The molecule has 1 unspecified atom stereocenters. The van der Waals surface area contributed by atoms with Crippen molar-refractivity contribution in [3.8, 4) is 11.5 Å². The summed E-state index contributed by atoms with van der Waals surface area (Å²) in [6.45, 7) is 4.73. The molecule has 1 N–H and O–H groups in total. The zero-order chi connectivity index (χ0) is 21.4. The molecule has 0 saturated carbocycles. The molecular weight excluding hydrogens is 392 g/mol. The lowest BCUT2D eigenvalue weighted by Crippen LogP contribution is -2.27. The summed E-state index contributed by atoms with van der Waals surface area (Å²) in [5.74, 6) is 2.74. The number of ether oxygens (including phenoxy) is 2. The Morgan fingerprint density at radius 3 is 2.68 bits per heavy atom. The molecule has 3 heterocycles. The molecule has 0 radical (unpaired) electrons. The summed E-state index contributed by atoms with van der Waals surface area (Å²) in [7, 11) is 0. The van der Waals surface area contributed by atoms with Crippen LogP contribution in [0.15, 0.2) is 59.8 Å². The van der Waals surface area contributed by atoms with E-state index < -0.39 is 0 Å².